The fourth-order valence-electron chi connectivity index (χ4n) is 3.86. The molecule has 0 saturated carbocycles. The lowest BCUT2D eigenvalue weighted by atomic mass is 9.98. The van der Waals surface area contributed by atoms with Gasteiger partial charge >= 0.3 is 0 Å². The van der Waals surface area contributed by atoms with Crippen LogP contribution in [0.1, 0.15) is 31.2 Å². The van der Waals surface area contributed by atoms with Gasteiger partial charge in [0.05, 0.1) is 7.11 Å². The molecule has 1 saturated heterocycles. The predicted octanol–water partition coefficient (Wildman–Crippen LogP) is 2.97. The lowest BCUT2D eigenvalue weighted by Gasteiger charge is -2.34. The third kappa shape index (κ3) is 8.96. The van der Waals surface area contributed by atoms with Crippen LogP contribution in [-0.2, 0) is 0 Å². The number of aromatic nitrogens is 2. The minimum atomic E-state index is 0. The smallest absolute Gasteiger partial charge is 0.225 e. The molecule has 0 radical (unpaired) electrons. The van der Waals surface area contributed by atoms with Crippen LogP contribution in [-0.4, -0.2) is 80.8 Å². The van der Waals surface area contributed by atoms with Gasteiger partial charge in [0.15, 0.2) is 5.96 Å². The fraction of sp³-hybridized carbons (Fsp3) is 0.542. The molecule has 1 aliphatic rings. The lowest BCUT2D eigenvalue weighted by Crippen LogP contribution is -2.47. The highest BCUT2D eigenvalue weighted by Gasteiger charge is 2.18. The quantitative estimate of drug-likeness (QED) is 0.198. The molecule has 0 aliphatic carbocycles. The van der Waals surface area contributed by atoms with Crippen molar-refractivity contribution in [3.8, 4) is 5.75 Å². The van der Waals surface area contributed by atoms with Gasteiger partial charge in [-0.05, 0) is 49.1 Å². The summed E-state index contributed by atoms with van der Waals surface area (Å²) < 4.78 is 5.24. The summed E-state index contributed by atoms with van der Waals surface area (Å²) in [6, 6.07) is 10.2. The van der Waals surface area contributed by atoms with Crippen molar-refractivity contribution in [1.82, 2.24) is 25.5 Å². The van der Waals surface area contributed by atoms with Crippen LogP contribution in [0.2, 0.25) is 0 Å². The Hall–Kier alpha value is -2.14. The van der Waals surface area contributed by atoms with Crippen LogP contribution < -0.4 is 20.3 Å². The summed E-state index contributed by atoms with van der Waals surface area (Å²) in [7, 11) is 3.52. The number of methoxy groups -OCH3 is 1. The van der Waals surface area contributed by atoms with Gasteiger partial charge in [0, 0.05) is 58.7 Å². The molecule has 9 heteroatoms. The first kappa shape index (κ1) is 27.1. The Bertz CT molecular complexity index is 811. The zero-order valence-electron chi connectivity index (χ0n) is 20.0. The Morgan fingerprint density at radius 3 is 2.36 bits per heavy atom. The molecular formula is C24H38IN7O. The predicted molar refractivity (Wildman–Crippen MR) is 146 cm³/mol. The summed E-state index contributed by atoms with van der Waals surface area (Å²) in [5, 5.41) is 6.87. The maximum absolute atomic E-state index is 5.24. The number of ether oxygens (including phenoxy) is 1. The molecular weight excluding hydrogens is 529 g/mol. The van der Waals surface area contributed by atoms with E-state index in [4.69, 9.17) is 4.74 Å². The molecule has 2 aromatic rings. The molecule has 0 amide bonds. The SMILES string of the molecule is CN=C(NCCCN1CCN(c2ncccn2)CC1)NCCC(C)c1ccc(OC)cc1.I. The van der Waals surface area contributed by atoms with Crippen molar-refractivity contribution in [2.45, 2.75) is 25.7 Å². The van der Waals surface area contributed by atoms with Crippen molar-refractivity contribution < 1.29 is 4.74 Å². The van der Waals surface area contributed by atoms with Crippen LogP contribution in [0, 0.1) is 0 Å². The Balaban J connectivity index is 0.00000385. The first-order chi connectivity index (χ1) is 15.7. The highest BCUT2D eigenvalue weighted by atomic mass is 127. The summed E-state index contributed by atoms with van der Waals surface area (Å²) in [4.78, 5) is 17.8. The highest BCUT2D eigenvalue weighted by Crippen LogP contribution is 2.21. The number of benzene rings is 1. The van der Waals surface area contributed by atoms with Crippen LogP contribution in [0.5, 0.6) is 5.75 Å². The van der Waals surface area contributed by atoms with Crippen molar-refractivity contribution in [3.05, 3.63) is 48.3 Å². The summed E-state index contributed by atoms with van der Waals surface area (Å²) in [5.41, 5.74) is 1.33. The minimum Gasteiger partial charge on any atom is -0.497 e. The van der Waals surface area contributed by atoms with Gasteiger partial charge in [-0.1, -0.05) is 19.1 Å². The monoisotopic (exact) mass is 567 g/mol. The number of hydrogen-bond donors (Lipinski definition) is 2. The maximum Gasteiger partial charge on any atom is 0.225 e. The number of nitrogens with zero attached hydrogens (tertiary/aromatic N) is 5. The summed E-state index contributed by atoms with van der Waals surface area (Å²) in [6.45, 7) is 9.19. The molecule has 1 aromatic heterocycles. The second-order valence-corrected chi connectivity index (χ2v) is 8.12. The number of rotatable bonds is 10. The van der Waals surface area contributed by atoms with Gasteiger partial charge < -0.3 is 20.3 Å². The normalized spacial score (nSPS) is 15.5. The van der Waals surface area contributed by atoms with E-state index in [-0.39, 0.29) is 24.0 Å². The summed E-state index contributed by atoms with van der Waals surface area (Å²) in [6.07, 6.45) is 5.75. The van der Waals surface area contributed by atoms with Gasteiger partial charge in [0.2, 0.25) is 5.95 Å². The van der Waals surface area contributed by atoms with Crippen LogP contribution in [0.4, 0.5) is 5.95 Å². The largest absolute Gasteiger partial charge is 0.497 e. The number of guanidine groups is 1. The Morgan fingerprint density at radius 2 is 1.73 bits per heavy atom. The second kappa shape index (κ2) is 14.9. The molecule has 2 heterocycles. The zero-order valence-corrected chi connectivity index (χ0v) is 22.4. The molecule has 33 heavy (non-hydrogen) atoms. The first-order valence-electron chi connectivity index (χ1n) is 11.5. The Morgan fingerprint density at radius 1 is 1.06 bits per heavy atom. The number of aliphatic imine (C=N–C) groups is 1. The molecule has 1 unspecified atom stereocenters. The van der Waals surface area contributed by atoms with Gasteiger partial charge in [0.25, 0.3) is 0 Å². The first-order valence-corrected chi connectivity index (χ1v) is 11.5. The molecule has 8 nitrogen and oxygen atoms in total. The van der Waals surface area contributed by atoms with E-state index in [1.165, 1.54) is 5.56 Å². The van der Waals surface area contributed by atoms with Gasteiger partial charge in [-0.3, -0.25) is 9.89 Å². The van der Waals surface area contributed by atoms with Crippen molar-refractivity contribution in [2.75, 3.05) is 64.9 Å². The molecule has 2 N–H and O–H groups in total. The van der Waals surface area contributed by atoms with Gasteiger partial charge in [-0.25, -0.2) is 9.97 Å². The van der Waals surface area contributed by atoms with E-state index in [1.54, 1.807) is 19.5 Å². The van der Waals surface area contributed by atoms with Gasteiger partial charge in [-0.15, -0.1) is 24.0 Å². The van der Waals surface area contributed by atoms with E-state index in [0.717, 1.165) is 76.3 Å². The van der Waals surface area contributed by atoms with E-state index in [2.05, 4.69) is 54.5 Å². The van der Waals surface area contributed by atoms with Crippen molar-refractivity contribution >= 4 is 35.9 Å². The topological polar surface area (TPSA) is 77.9 Å². The van der Waals surface area contributed by atoms with E-state index >= 15 is 0 Å². The number of hydrogen-bond acceptors (Lipinski definition) is 6. The number of nitrogens with one attached hydrogen (secondary N) is 2. The van der Waals surface area contributed by atoms with Crippen LogP contribution in [0.3, 0.4) is 0 Å². The molecule has 3 rings (SSSR count). The molecule has 0 spiro atoms. The third-order valence-corrected chi connectivity index (χ3v) is 5.93. The summed E-state index contributed by atoms with van der Waals surface area (Å²) >= 11 is 0. The van der Waals surface area contributed by atoms with E-state index in [1.807, 2.05) is 25.2 Å². The number of halogens is 1. The number of piperazine rings is 1. The van der Waals surface area contributed by atoms with E-state index < -0.39 is 0 Å². The maximum atomic E-state index is 5.24. The second-order valence-electron chi connectivity index (χ2n) is 8.12. The average molecular weight is 568 g/mol. The highest BCUT2D eigenvalue weighted by molar-refractivity contribution is 14.0. The Kier molecular flexibility index (Phi) is 12.2. The van der Waals surface area contributed by atoms with Crippen molar-refractivity contribution in [2.24, 2.45) is 4.99 Å². The lowest BCUT2D eigenvalue weighted by molar-refractivity contribution is 0.254. The van der Waals surface area contributed by atoms with Crippen LogP contribution >= 0.6 is 24.0 Å². The Labute approximate surface area is 215 Å². The standard InChI is InChI=1S/C24H37N7O.HI/c1-20(21-6-8-22(32-3)9-7-21)10-14-27-23(25-2)26-13-5-15-30-16-18-31(19-17-30)24-28-11-4-12-29-24;/h4,6-9,11-12,20H,5,10,13-19H2,1-3H3,(H2,25,26,27);1H. The average Bonchev–Trinajstić information content (AvgIpc) is 2.86. The van der Waals surface area contributed by atoms with Crippen molar-refractivity contribution in [3.63, 3.8) is 0 Å². The fourth-order valence-corrected chi connectivity index (χ4v) is 3.86. The molecule has 0 bridgehead atoms. The zero-order chi connectivity index (χ0) is 22.6. The van der Waals surface area contributed by atoms with Gasteiger partial charge in [0.1, 0.15) is 5.75 Å². The van der Waals surface area contributed by atoms with Crippen LogP contribution in [0.15, 0.2) is 47.7 Å². The summed E-state index contributed by atoms with van der Waals surface area (Å²) in [5.74, 6) is 3.09. The molecule has 182 valence electrons. The minimum absolute atomic E-state index is 0. The third-order valence-electron chi connectivity index (χ3n) is 5.93. The molecule has 1 atom stereocenters. The molecule has 1 aliphatic heterocycles. The van der Waals surface area contributed by atoms with Gasteiger partial charge in [-0.2, -0.15) is 0 Å². The van der Waals surface area contributed by atoms with E-state index in [9.17, 15) is 0 Å². The number of anilines is 1. The van der Waals surface area contributed by atoms with E-state index in [0.29, 0.717) is 5.92 Å². The molecule has 1 aromatic carbocycles. The molecule has 1 fully saturated rings. The van der Waals surface area contributed by atoms with Crippen molar-refractivity contribution in [1.29, 1.82) is 0 Å². The van der Waals surface area contributed by atoms with Crippen LogP contribution in [0.25, 0.3) is 0 Å².